The van der Waals surface area contributed by atoms with Crippen molar-refractivity contribution in [2.75, 3.05) is 6.54 Å². The van der Waals surface area contributed by atoms with E-state index in [1.165, 1.54) is 0 Å². The van der Waals surface area contributed by atoms with Crippen LogP contribution in [0, 0.1) is 5.41 Å². The van der Waals surface area contributed by atoms with E-state index in [4.69, 9.17) is 5.41 Å². The molecule has 0 aromatic heterocycles. The second-order valence-electron chi connectivity index (χ2n) is 1.90. The van der Waals surface area contributed by atoms with Crippen molar-refractivity contribution < 1.29 is 0 Å². The Morgan fingerprint density at radius 1 is 1.56 bits per heavy atom. The van der Waals surface area contributed by atoms with Crippen molar-refractivity contribution in [2.45, 2.75) is 26.7 Å². The topological polar surface area (TPSA) is 36.2 Å². The molecule has 9 heavy (non-hydrogen) atoms. The molecule has 0 aromatic carbocycles. The van der Waals surface area contributed by atoms with Gasteiger partial charge in [-0.2, -0.15) is 0 Å². The molecule has 0 aliphatic carbocycles. The van der Waals surface area contributed by atoms with Gasteiger partial charge in [-0.3, -0.25) is 4.99 Å². The van der Waals surface area contributed by atoms with Crippen molar-refractivity contribution in [1.29, 1.82) is 5.41 Å². The van der Waals surface area contributed by atoms with Crippen molar-refractivity contribution in [3.05, 3.63) is 0 Å². The third-order valence-electron chi connectivity index (χ3n) is 0.949. The normalized spacial score (nSPS) is 10.4. The zero-order valence-corrected chi connectivity index (χ0v) is 6.15. The Morgan fingerprint density at radius 3 is 2.67 bits per heavy atom. The third kappa shape index (κ3) is 5.21. The second kappa shape index (κ2) is 5.48. The molecule has 2 nitrogen and oxygen atoms in total. The Morgan fingerprint density at radius 2 is 2.22 bits per heavy atom. The Labute approximate surface area is 56.5 Å². The van der Waals surface area contributed by atoms with Gasteiger partial charge in [0.1, 0.15) is 0 Å². The van der Waals surface area contributed by atoms with Gasteiger partial charge in [0.25, 0.3) is 0 Å². The standard InChI is InChI=1S/C7H14N2/c1-3-5-7(8)6-9-4-2/h6,8H,3-5H2,1-2H3. The van der Waals surface area contributed by atoms with E-state index in [9.17, 15) is 0 Å². The highest BCUT2D eigenvalue weighted by molar-refractivity contribution is 6.28. The fourth-order valence-corrected chi connectivity index (χ4v) is 0.535. The van der Waals surface area contributed by atoms with Crippen LogP contribution < -0.4 is 0 Å². The SMILES string of the molecule is CCCC(=N)C=NCC. The molecule has 0 saturated carbocycles. The van der Waals surface area contributed by atoms with E-state index in [2.05, 4.69) is 11.9 Å². The van der Waals surface area contributed by atoms with Gasteiger partial charge < -0.3 is 5.41 Å². The number of hydrogen-bond donors (Lipinski definition) is 1. The van der Waals surface area contributed by atoms with Crippen LogP contribution in [0.25, 0.3) is 0 Å². The highest BCUT2D eigenvalue weighted by Crippen LogP contribution is 1.85. The first-order chi connectivity index (χ1) is 4.31. The molecule has 0 spiro atoms. The molecule has 0 radical (unpaired) electrons. The molecule has 0 aliphatic heterocycles. The predicted octanol–water partition coefficient (Wildman–Crippen LogP) is 1.90. The maximum Gasteiger partial charge on any atom is 0.0491 e. The van der Waals surface area contributed by atoms with Crippen LogP contribution in [0.15, 0.2) is 4.99 Å². The summed E-state index contributed by atoms with van der Waals surface area (Å²) < 4.78 is 0. The van der Waals surface area contributed by atoms with Crippen molar-refractivity contribution in [3.8, 4) is 0 Å². The minimum Gasteiger partial charge on any atom is -0.304 e. The summed E-state index contributed by atoms with van der Waals surface area (Å²) >= 11 is 0. The van der Waals surface area contributed by atoms with Gasteiger partial charge in [0.2, 0.25) is 0 Å². The van der Waals surface area contributed by atoms with Gasteiger partial charge in [-0.1, -0.05) is 13.3 Å². The van der Waals surface area contributed by atoms with Gasteiger partial charge in [0.05, 0.1) is 0 Å². The number of nitrogens with zero attached hydrogens (tertiary/aromatic N) is 1. The van der Waals surface area contributed by atoms with Crippen LogP contribution in [0.1, 0.15) is 26.7 Å². The highest BCUT2D eigenvalue weighted by atomic mass is 14.7. The van der Waals surface area contributed by atoms with Crippen molar-refractivity contribution in [2.24, 2.45) is 4.99 Å². The summed E-state index contributed by atoms with van der Waals surface area (Å²) in [4.78, 5) is 3.94. The van der Waals surface area contributed by atoms with E-state index < -0.39 is 0 Å². The lowest BCUT2D eigenvalue weighted by atomic mass is 10.2. The molecule has 52 valence electrons. The first-order valence-corrected chi connectivity index (χ1v) is 3.38. The maximum absolute atomic E-state index is 7.24. The maximum atomic E-state index is 7.24. The summed E-state index contributed by atoms with van der Waals surface area (Å²) in [6.07, 6.45) is 3.53. The van der Waals surface area contributed by atoms with E-state index in [1.54, 1.807) is 6.21 Å². The number of aliphatic imine (C=N–C) groups is 1. The molecule has 0 atom stereocenters. The third-order valence-corrected chi connectivity index (χ3v) is 0.949. The lowest BCUT2D eigenvalue weighted by molar-refractivity contribution is 0.994. The van der Waals surface area contributed by atoms with Gasteiger partial charge >= 0.3 is 0 Å². The van der Waals surface area contributed by atoms with E-state index >= 15 is 0 Å². The minimum atomic E-state index is 0.638. The molecule has 0 bridgehead atoms. The molecule has 0 aliphatic rings. The van der Waals surface area contributed by atoms with Crippen LogP contribution in [-0.4, -0.2) is 18.5 Å². The highest BCUT2D eigenvalue weighted by Gasteiger charge is 1.86. The van der Waals surface area contributed by atoms with E-state index in [1.807, 2.05) is 6.92 Å². The lowest BCUT2D eigenvalue weighted by Crippen LogP contribution is -1.96. The van der Waals surface area contributed by atoms with E-state index in [0.29, 0.717) is 5.71 Å². The zero-order valence-electron chi connectivity index (χ0n) is 6.15. The molecular formula is C7H14N2. The molecule has 0 saturated heterocycles. The van der Waals surface area contributed by atoms with Gasteiger partial charge in [-0.15, -0.1) is 0 Å². The smallest absolute Gasteiger partial charge is 0.0491 e. The average Bonchev–Trinajstić information content (AvgIpc) is 1.85. The van der Waals surface area contributed by atoms with Gasteiger partial charge in [0.15, 0.2) is 0 Å². The minimum absolute atomic E-state index is 0.638. The van der Waals surface area contributed by atoms with Crippen LogP contribution in [0.5, 0.6) is 0 Å². The summed E-state index contributed by atoms with van der Waals surface area (Å²) in [5.41, 5.74) is 0.638. The monoisotopic (exact) mass is 126 g/mol. The molecular weight excluding hydrogens is 112 g/mol. The summed E-state index contributed by atoms with van der Waals surface area (Å²) in [5, 5.41) is 7.24. The number of rotatable bonds is 4. The van der Waals surface area contributed by atoms with E-state index in [-0.39, 0.29) is 0 Å². The molecule has 2 heteroatoms. The summed E-state index contributed by atoms with van der Waals surface area (Å²) in [7, 11) is 0. The van der Waals surface area contributed by atoms with Crippen LogP contribution >= 0.6 is 0 Å². The van der Waals surface area contributed by atoms with Gasteiger partial charge in [0, 0.05) is 18.5 Å². The van der Waals surface area contributed by atoms with Crippen molar-refractivity contribution in [3.63, 3.8) is 0 Å². The van der Waals surface area contributed by atoms with E-state index in [0.717, 1.165) is 19.4 Å². The molecule has 0 amide bonds. The summed E-state index contributed by atoms with van der Waals surface area (Å²) in [5.74, 6) is 0. The Bertz CT molecular complexity index is 105. The average molecular weight is 126 g/mol. The van der Waals surface area contributed by atoms with Crippen LogP contribution in [-0.2, 0) is 0 Å². The molecule has 0 aromatic rings. The predicted molar refractivity (Wildman–Crippen MR) is 41.7 cm³/mol. The Balaban J connectivity index is 3.37. The largest absolute Gasteiger partial charge is 0.304 e. The summed E-state index contributed by atoms with van der Waals surface area (Å²) in [6, 6.07) is 0. The van der Waals surface area contributed by atoms with Crippen molar-refractivity contribution in [1.82, 2.24) is 0 Å². The fourth-order valence-electron chi connectivity index (χ4n) is 0.535. The van der Waals surface area contributed by atoms with Gasteiger partial charge in [-0.05, 0) is 13.3 Å². The van der Waals surface area contributed by atoms with Crippen molar-refractivity contribution >= 4 is 11.9 Å². The molecule has 0 unspecified atom stereocenters. The Hall–Kier alpha value is -0.660. The molecule has 1 N–H and O–H groups in total. The number of hydrogen-bond acceptors (Lipinski definition) is 2. The first-order valence-electron chi connectivity index (χ1n) is 3.38. The fraction of sp³-hybridized carbons (Fsp3) is 0.714. The lowest BCUT2D eigenvalue weighted by Gasteiger charge is -1.89. The molecule has 0 rings (SSSR count). The van der Waals surface area contributed by atoms with Gasteiger partial charge in [-0.25, -0.2) is 0 Å². The molecule has 0 heterocycles. The first kappa shape index (κ1) is 8.34. The number of nitrogens with one attached hydrogen (secondary N) is 1. The quantitative estimate of drug-likeness (QED) is 0.558. The zero-order chi connectivity index (χ0) is 7.11. The van der Waals surface area contributed by atoms with Crippen LogP contribution in [0.3, 0.4) is 0 Å². The Kier molecular flexibility index (Phi) is 5.07. The second-order valence-corrected chi connectivity index (χ2v) is 1.90. The van der Waals surface area contributed by atoms with Crippen LogP contribution in [0.4, 0.5) is 0 Å². The summed E-state index contributed by atoms with van der Waals surface area (Å²) in [6.45, 7) is 4.82. The van der Waals surface area contributed by atoms with Crippen LogP contribution in [0.2, 0.25) is 0 Å². The molecule has 0 fully saturated rings.